The Hall–Kier alpha value is -1.14. The van der Waals surface area contributed by atoms with Gasteiger partial charge in [-0.2, -0.15) is 4.98 Å². The van der Waals surface area contributed by atoms with E-state index in [-0.39, 0.29) is 6.04 Å². The van der Waals surface area contributed by atoms with Crippen molar-refractivity contribution in [3.63, 3.8) is 0 Å². The summed E-state index contributed by atoms with van der Waals surface area (Å²) in [6.07, 6.45) is 4.74. The van der Waals surface area contributed by atoms with Crippen LogP contribution in [0.15, 0.2) is 25.7 Å². The fraction of sp³-hybridized carbons (Fsp3) is 0.500. The predicted molar refractivity (Wildman–Crippen MR) is 68.9 cm³/mol. The SMILES string of the molecule is Brc1ccc(-c2nc(C3CCCCCN3)no2)o1. The minimum absolute atomic E-state index is 0.198. The molecule has 1 N–H and O–H groups in total. The number of hydrogen-bond donors (Lipinski definition) is 1. The Labute approximate surface area is 113 Å². The average Bonchev–Trinajstić information content (AvgIpc) is 2.92. The second-order valence-corrected chi connectivity index (χ2v) is 5.20. The average molecular weight is 312 g/mol. The monoisotopic (exact) mass is 311 g/mol. The Balaban J connectivity index is 1.80. The summed E-state index contributed by atoms with van der Waals surface area (Å²) in [5.41, 5.74) is 0. The highest BCUT2D eigenvalue weighted by Gasteiger charge is 2.21. The Kier molecular flexibility index (Phi) is 3.47. The van der Waals surface area contributed by atoms with Crippen LogP contribution in [-0.2, 0) is 0 Å². The fourth-order valence-corrected chi connectivity index (χ4v) is 2.46. The first-order chi connectivity index (χ1) is 8.83. The molecule has 0 bridgehead atoms. The molecular weight excluding hydrogens is 298 g/mol. The van der Waals surface area contributed by atoms with E-state index in [4.69, 9.17) is 8.94 Å². The van der Waals surface area contributed by atoms with Gasteiger partial charge in [-0.05, 0) is 47.4 Å². The lowest BCUT2D eigenvalue weighted by Crippen LogP contribution is -2.21. The van der Waals surface area contributed by atoms with Crippen molar-refractivity contribution < 1.29 is 8.94 Å². The van der Waals surface area contributed by atoms with E-state index in [0.29, 0.717) is 16.3 Å². The van der Waals surface area contributed by atoms with E-state index in [1.165, 1.54) is 19.3 Å². The van der Waals surface area contributed by atoms with Crippen LogP contribution in [0.2, 0.25) is 0 Å². The number of halogens is 1. The Morgan fingerprint density at radius 2 is 2.22 bits per heavy atom. The van der Waals surface area contributed by atoms with Gasteiger partial charge in [0, 0.05) is 0 Å². The molecular formula is C12H14BrN3O2. The zero-order valence-electron chi connectivity index (χ0n) is 9.86. The fourth-order valence-electron chi connectivity index (χ4n) is 2.15. The van der Waals surface area contributed by atoms with Gasteiger partial charge in [-0.15, -0.1) is 0 Å². The van der Waals surface area contributed by atoms with E-state index in [2.05, 4.69) is 31.4 Å². The van der Waals surface area contributed by atoms with Crippen LogP contribution >= 0.6 is 15.9 Å². The molecule has 1 aliphatic heterocycles. The third-order valence-corrected chi connectivity index (χ3v) is 3.52. The topological polar surface area (TPSA) is 64.1 Å². The van der Waals surface area contributed by atoms with E-state index in [0.717, 1.165) is 18.8 Å². The number of rotatable bonds is 2. The minimum atomic E-state index is 0.198. The molecule has 0 radical (unpaired) electrons. The van der Waals surface area contributed by atoms with Crippen molar-refractivity contribution in [1.82, 2.24) is 15.5 Å². The van der Waals surface area contributed by atoms with E-state index >= 15 is 0 Å². The van der Waals surface area contributed by atoms with Gasteiger partial charge in [0.1, 0.15) is 0 Å². The molecule has 6 heteroatoms. The first-order valence-electron chi connectivity index (χ1n) is 6.15. The third kappa shape index (κ3) is 2.49. The van der Waals surface area contributed by atoms with Gasteiger partial charge in [-0.3, -0.25) is 0 Å². The summed E-state index contributed by atoms with van der Waals surface area (Å²) in [6.45, 7) is 1.01. The van der Waals surface area contributed by atoms with E-state index in [1.54, 1.807) is 0 Å². The molecule has 1 atom stereocenters. The highest BCUT2D eigenvalue weighted by molar-refractivity contribution is 9.10. The molecule has 1 aliphatic rings. The maximum atomic E-state index is 5.39. The first-order valence-corrected chi connectivity index (χ1v) is 6.95. The van der Waals surface area contributed by atoms with Crippen molar-refractivity contribution in [3.8, 4) is 11.7 Å². The molecule has 0 saturated carbocycles. The smallest absolute Gasteiger partial charge is 0.293 e. The predicted octanol–water partition coefficient (Wildman–Crippen LogP) is 3.30. The largest absolute Gasteiger partial charge is 0.444 e. The number of aromatic nitrogens is 2. The number of furan rings is 1. The Morgan fingerprint density at radius 3 is 3.06 bits per heavy atom. The van der Waals surface area contributed by atoms with E-state index in [1.807, 2.05) is 12.1 Å². The quantitative estimate of drug-likeness (QED) is 0.922. The summed E-state index contributed by atoms with van der Waals surface area (Å²) in [5, 5.41) is 7.49. The van der Waals surface area contributed by atoms with Crippen LogP contribution in [0, 0.1) is 0 Å². The molecule has 2 aromatic heterocycles. The molecule has 18 heavy (non-hydrogen) atoms. The van der Waals surface area contributed by atoms with Crippen LogP contribution < -0.4 is 5.32 Å². The van der Waals surface area contributed by atoms with Crippen LogP contribution in [0.25, 0.3) is 11.7 Å². The zero-order valence-corrected chi connectivity index (χ0v) is 11.4. The Morgan fingerprint density at radius 1 is 1.28 bits per heavy atom. The van der Waals surface area contributed by atoms with E-state index in [9.17, 15) is 0 Å². The molecule has 2 aromatic rings. The second-order valence-electron chi connectivity index (χ2n) is 4.42. The van der Waals surface area contributed by atoms with Crippen molar-refractivity contribution in [3.05, 3.63) is 22.6 Å². The first kappa shape index (κ1) is 11.9. The molecule has 3 rings (SSSR count). The molecule has 1 fully saturated rings. The molecule has 1 unspecified atom stereocenters. The maximum absolute atomic E-state index is 5.39. The summed E-state index contributed by atoms with van der Waals surface area (Å²) in [6, 6.07) is 3.81. The molecule has 1 saturated heterocycles. The molecule has 3 heterocycles. The third-order valence-electron chi connectivity index (χ3n) is 3.10. The molecule has 96 valence electrons. The lowest BCUT2D eigenvalue weighted by atomic mass is 10.1. The summed E-state index contributed by atoms with van der Waals surface area (Å²) in [4.78, 5) is 4.40. The van der Waals surface area contributed by atoms with Crippen LogP contribution in [0.5, 0.6) is 0 Å². The van der Waals surface area contributed by atoms with Gasteiger partial charge in [0.2, 0.25) is 0 Å². The van der Waals surface area contributed by atoms with Crippen molar-refractivity contribution in [2.75, 3.05) is 6.54 Å². The molecule has 5 nitrogen and oxygen atoms in total. The Bertz CT molecular complexity index is 515. The molecule has 0 spiro atoms. The highest BCUT2D eigenvalue weighted by Crippen LogP contribution is 2.26. The summed E-state index contributed by atoms with van der Waals surface area (Å²) < 4.78 is 11.3. The summed E-state index contributed by atoms with van der Waals surface area (Å²) in [7, 11) is 0. The van der Waals surface area contributed by atoms with Gasteiger partial charge in [0.15, 0.2) is 16.3 Å². The molecule has 0 aliphatic carbocycles. The van der Waals surface area contributed by atoms with Crippen LogP contribution in [0.3, 0.4) is 0 Å². The van der Waals surface area contributed by atoms with Crippen molar-refractivity contribution in [2.45, 2.75) is 31.7 Å². The van der Waals surface area contributed by atoms with Gasteiger partial charge >= 0.3 is 0 Å². The van der Waals surface area contributed by atoms with Crippen LogP contribution in [-0.4, -0.2) is 16.7 Å². The van der Waals surface area contributed by atoms with Crippen molar-refractivity contribution >= 4 is 15.9 Å². The lowest BCUT2D eigenvalue weighted by Gasteiger charge is -2.09. The summed E-state index contributed by atoms with van der Waals surface area (Å²) in [5.74, 6) is 1.75. The van der Waals surface area contributed by atoms with Gasteiger partial charge in [0.05, 0.1) is 6.04 Å². The number of hydrogen-bond acceptors (Lipinski definition) is 5. The summed E-state index contributed by atoms with van der Waals surface area (Å²) >= 11 is 3.25. The van der Waals surface area contributed by atoms with Crippen molar-refractivity contribution in [1.29, 1.82) is 0 Å². The van der Waals surface area contributed by atoms with Gasteiger partial charge in [0.25, 0.3) is 5.89 Å². The van der Waals surface area contributed by atoms with Gasteiger partial charge < -0.3 is 14.3 Å². The maximum Gasteiger partial charge on any atom is 0.293 e. The minimum Gasteiger partial charge on any atom is -0.444 e. The zero-order chi connectivity index (χ0) is 12.4. The van der Waals surface area contributed by atoms with Crippen LogP contribution in [0.4, 0.5) is 0 Å². The van der Waals surface area contributed by atoms with E-state index < -0.39 is 0 Å². The van der Waals surface area contributed by atoms with Gasteiger partial charge in [-0.1, -0.05) is 18.0 Å². The van der Waals surface area contributed by atoms with Crippen molar-refractivity contribution in [2.24, 2.45) is 0 Å². The number of nitrogens with one attached hydrogen (secondary N) is 1. The second kappa shape index (κ2) is 5.24. The normalized spacial score (nSPS) is 20.8. The van der Waals surface area contributed by atoms with Gasteiger partial charge in [-0.25, -0.2) is 0 Å². The molecule has 0 amide bonds. The van der Waals surface area contributed by atoms with Crippen LogP contribution in [0.1, 0.15) is 37.5 Å². The number of nitrogens with zero attached hydrogens (tertiary/aromatic N) is 2. The lowest BCUT2D eigenvalue weighted by molar-refractivity contribution is 0.392. The highest BCUT2D eigenvalue weighted by atomic mass is 79.9. The standard InChI is InChI=1S/C12H14BrN3O2/c13-10-6-5-9(17-10)12-15-11(16-18-12)8-4-2-1-3-7-14-8/h5-6,8,14H,1-4,7H2. The molecule has 0 aromatic carbocycles.